The maximum atomic E-state index is 11.4. The van der Waals surface area contributed by atoms with Crippen molar-refractivity contribution in [3.8, 4) is 6.07 Å². The molecule has 0 saturated carbocycles. The number of fused-ring (bicyclic) bond motifs is 1. The Hall–Kier alpha value is -1.82. The first-order valence-corrected chi connectivity index (χ1v) is 4.98. The van der Waals surface area contributed by atoms with E-state index in [4.69, 9.17) is 5.26 Å². The lowest BCUT2D eigenvalue weighted by Gasteiger charge is -2.14. The summed E-state index contributed by atoms with van der Waals surface area (Å²) in [6.45, 7) is 2.20. The van der Waals surface area contributed by atoms with Gasteiger partial charge in [0, 0.05) is 31.5 Å². The maximum absolute atomic E-state index is 11.4. The molecule has 0 radical (unpaired) electrons. The summed E-state index contributed by atoms with van der Waals surface area (Å²) < 4.78 is 0. The normalized spacial score (nSPS) is 18.4. The standard InChI is InChI=1S/C12H12N2O/c1-9(15)14-8-10(6-7-13)11-4-2-3-5-12(11)14/h2-5,10H,6,8H2,1H3. The van der Waals surface area contributed by atoms with Gasteiger partial charge in [-0.1, -0.05) is 18.2 Å². The number of para-hydroxylation sites is 1. The summed E-state index contributed by atoms with van der Waals surface area (Å²) in [6, 6.07) is 9.98. The van der Waals surface area contributed by atoms with E-state index >= 15 is 0 Å². The van der Waals surface area contributed by atoms with Crippen molar-refractivity contribution >= 4 is 11.6 Å². The van der Waals surface area contributed by atoms with Gasteiger partial charge in [-0.05, 0) is 11.6 Å². The van der Waals surface area contributed by atoms with E-state index in [2.05, 4.69) is 6.07 Å². The zero-order valence-corrected chi connectivity index (χ0v) is 8.60. The highest BCUT2D eigenvalue weighted by Gasteiger charge is 2.29. The van der Waals surface area contributed by atoms with Gasteiger partial charge in [0.25, 0.3) is 0 Å². The molecule has 1 aromatic carbocycles. The monoisotopic (exact) mass is 200 g/mol. The van der Waals surface area contributed by atoms with E-state index in [0.29, 0.717) is 13.0 Å². The van der Waals surface area contributed by atoms with E-state index in [9.17, 15) is 4.79 Å². The summed E-state index contributed by atoms with van der Waals surface area (Å²) in [5, 5.41) is 8.72. The molecule has 0 aromatic heterocycles. The van der Waals surface area contributed by atoms with E-state index in [1.165, 1.54) is 0 Å². The van der Waals surface area contributed by atoms with Crippen LogP contribution < -0.4 is 4.90 Å². The van der Waals surface area contributed by atoms with Crippen LogP contribution in [-0.2, 0) is 4.79 Å². The number of hydrogen-bond donors (Lipinski definition) is 0. The third-order valence-corrected chi connectivity index (χ3v) is 2.79. The molecule has 1 aromatic rings. The number of nitrogens with zero attached hydrogens (tertiary/aromatic N) is 2. The van der Waals surface area contributed by atoms with Crippen molar-refractivity contribution in [3.63, 3.8) is 0 Å². The lowest BCUT2D eigenvalue weighted by Crippen LogP contribution is -2.26. The molecule has 0 spiro atoms. The lowest BCUT2D eigenvalue weighted by molar-refractivity contribution is -0.116. The van der Waals surface area contributed by atoms with Crippen molar-refractivity contribution in [1.29, 1.82) is 5.26 Å². The molecule has 1 amide bonds. The fraction of sp³-hybridized carbons (Fsp3) is 0.333. The van der Waals surface area contributed by atoms with Crippen molar-refractivity contribution in [2.45, 2.75) is 19.3 Å². The molecule has 0 saturated heterocycles. The molecule has 0 N–H and O–H groups in total. The number of carbonyl (C=O) groups excluding carboxylic acids is 1. The first-order chi connectivity index (χ1) is 7.24. The van der Waals surface area contributed by atoms with E-state index in [-0.39, 0.29) is 11.8 Å². The molecule has 1 aliphatic rings. The van der Waals surface area contributed by atoms with Crippen LogP contribution in [-0.4, -0.2) is 12.5 Å². The zero-order chi connectivity index (χ0) is 10.8. The van der Waals surface area contributed by atoms with Crippen molar-refractivity contribution in [1.82, 2.24) is 0 Å². The van der Waals surface area contributed by atoms with E-state index < -0.39 is 0 Å². The van der Waals surface area contributed by atoms with Crippen LogP contribution in [0.15, 0.2) is 24.3 Å². The van der Waals surface area contributed by atoms with Gasteiger partial charge in [0.2, 0.25) is 5.91 Å². The van der Waals surface area contributed by atoms with Gasteiger partial charge in [-0.3, -0.25) is 4.79 Å². The highest BCUT2D eigenvalue weighted by molar-refractivity contribution is 5.94. The quantitative estimate of drug-likeness (QED) is 0.696. The Labute approximate surface area is 88.9 Å². The van der Waals surface area contributed by atoms with Gasteiger partial charge in [0.05, 0.1) is 6.07 Å². The molecule has 1 aliphatic heterocycles. The highest BCUT2D eigenvalue weighted by atomic mass is 16.2. The van der Waals surface area contributed by atoms with Crippen LogP contribution in [0.4, 0.5) is 5.69 Å². The first kappa shape index (κ1) is 9.72. The predicted molar refractivity (Wildman–Crippen MR) is 57.4 cm³/mol. The second-order valence-corrected chi connectivity index (χ2v) is 3.75. The lowest BCUT2D eigenvalue weighted by atomic mass is 9.99. The predicted octanol–water partition coefficient (Wildman–Crippen LogP) is 2.05. The van der Waals surface area contributed by atoms with E-state index in [1.54, 1.807) is 11.8 Å². The van der Waals surface area contributed by atoms with Crippen LogP contribution in [0.2, 0.25) is 0 Å². The van der Waals surface area contributed by atoms with Crippen LogP contribution in [0.5, 0.6) is 0 Å². The highest BCUT2D eigenvalue weighted by Crippen LogP contribution is 2.37. The minimum atomic E-state index is 0.0443. The van der Waals surface area contributed by atoms with Gasteiger partial charge in [-0.15, -0.1) is 0 Å². The van der Waals surface area contributed by atoms with Gasteiger partial charge in [0.1, 0.15) is 0 Å². The largest absolute Gasteiger partial charge is 0.312 e. The summed E-state index contributed by atoms with van der Waals surface area (Å²) in [6.07, 6.45) is 0.473. The van der Waals surface area contributed by atoms with Crippen LogP contribution >= 0.6 is 0 Å². The number of anilines is 1. The Morgan fingerprint density at radius 1 is 1.60 bits per heavy atom. The average molecular weight is 200 g/mol. The Morgan fingerprint density at radius 2 is 2.33 bits per heavy atom. The van der Waals surface area contributed by atoms with Crippen LogP contribution in [0.1, 0.15) is 24.8 Å². The van der Waals surface area contributed by atoms with Gasteiger partial charge in [0.15, 0.2) is 0 Å². The Bertz CT molecular complexity index is 433. The molecule has 76 valence electrons. The molecular weight excluding hydrogens is 188 g/mol. The fourth-order valence-electron chi connectivity index (χ4n) is 2.08. The van der Waals surface area contributed by atoms with E-state index in [1.807, 2.05) is 24.3 Å². The Balaban J connectivity index is 2.40. The van der Waals surface area contributed by atoms with Crippen molar-refractivity contribution < 1.29 is 4.79 Å². The smallest absolute Gasteiger partial charge is 0.223 e. The molecule has 0 fully saturated rings. The van der Waals surface area contributed by atoms with Gasteiger partial charge >= 0.3 is 0 Å². The van der Waals surface area contributed by atoms with Gasteiger partial charge < -0.3 is 4.90 Å². The Morgan fingerprint density at radius 3 is 3.00 bits per heavy atom. The third-order valence-electron chi connectivity index (χ3n) is 2.79. The number of nitriles is 1. The molecular formula is C12H12N2O. The number of benzene rings is 1. The topological polar surface area (TPSA) is 44.1 Å². The molecule has 1 atom stereocenters. The summed E-state index contributed by atoms with van der Waals surface area (Å²) >= 11 is 0. The summed E-state index contributed by atoms with van der Waals surface area (Å²) in [4.78, 5) is 13.1. The molecule has 0 bridgehead atoms. The van der Waals surface area contributed by atoms with Crippen molar-refractivity contribution in [3.05, 3.63) is 29.8 Å². The van der Waals surface area contributed by atoms with E-state index in [0.717, 1.165) is 11.3 Å². The summed E-state index contributed by atoms with van der Waals surface area (Å²) in [5.41, 5.74) is 2.08. The van der Waals surface area contributed by atoms with Crippen molar-refractivity contribution in [2.24, 2.45) is 0 Å². The SMILES string of the molecule is CC(=O)N1CC(CC#N)c2ccccc21. The number of amides is 1. The van der Waals surface area contributed by atoms with Crippen LogP contribution in [0.3, 0.4) is 0 Å². The molecule has 1 unspecified atom stereocenters. The van der Waals surface area contributed by atoms with Crippen molar-refractivity contribution in [2.75, 3.05) is 11.4 Å². The van der Waals surface area contributed by atoms with Gasteiger partial charge in [-0.2, -0.15) is 5.26 Å². The molecule has 0 aliphatic carbocycles. The number of rotatable bonds is 1. The summed E-state index contributed by atoms with van der Waals surface area (Å²) in [7, 11) is 0. The van der Waals surface area contributed by atoms with Crippen LogP contribution in [0, 0.1) is 11.3 Å². The second kappa shape index (κ2) is 3.74. The summed E-state index contributed by atoms with van der Waals surface area (Å²) in [5.74, 6) is 0.220. The average Bonchev–Trinajstić information content (AvgIpc) is 2.59. The third kappa shape index (κ3) is 1.59. The maximum Gasteiger partial charge on any atom is 0.223 e. The minimum Gasteiger partial charge on any atom is -0.312 e. The van der Waals surface area contributed by atoms with Gasteiger partial charge in [-0.25, -0.2) is 0 Å². The molecule has 3 heteroatoms. The fourth-order valence-corrected chi connectivity index (χ4v) is 2.08. The first-order valence-electron chi connectivity index (χ1n) is 4.98. The molecule has 2 rings (SSSR count). The minimum absolute atomic E-state index is 0.0443. The number of hydrogen-bond acceptors (Lipinski definition) is 2. The second-order valence-electron chi connectivity index (χ2n) is 3.75. The molecule has 15 heavy (non-hydrogen) atoms. The Kier molecular flexibility index (Phi) is 2.42. The molecule has 1 heterocycles. The number of carbonyl (C=O) groups is 1. The molecule has 3 nitrogen and oxygen atoms in total. The van der Waals surface area contributed by atoms with Crippen LogP contribution in [0.25, 0.3) is 0 Å². The zero-order valence-electron chi connectivity index (χ0n) is 8.60.